The van der Waals surface area contributed by atoms with Gasteiger partial charge < -0.3 is 19.7 Å². The van der Waals surface area contributed by atoms with Gasteiger partial charge >= 0.3 is 0 Å². The lowest BCUT2D eigenvalue weighted by Gasteiger charge is -2.26. The van der Waals surface area contributed by atoms with Crippen molar-refractivity contribution >= 4 is 11.8 Å². The minimum absolute atomic E-state index is 0.0617. The Balaban J connectivity index is 1.74. The average Bonchev–Trinajstić information content (AvgIpc) is 2.48. The number of methoxy groups -OCH3 is 1. The maximum atomic E-state index is 11.9. The number of piperazine rings is 1. The van der Waals surface area contributed by atoms with E-state index in [1.165, 1.54) is 0 Å². The summed E-state index contributed by atoms with van der Waals surface area (Å²) in [7, 11) is 1.60. The molecule has 1 aliphatic heterocycles. The van der Waals surface area contributed by atoms with Crippen molar-refractivity contribution in [3.8, 4) is 11.5 Å². The van der Waals surface area contributed by atoms with E-state index in [-0.39, 0.29) is 24.8 Å². The first-order valence-corrected chi connectivity index (χ1v) is 6.50. The Kier molecular flexibility index (Phi) is 4.81. The number of nitrogens with one attached hydrogen (secondary N) is 1. The summed E-state index contributed by atoms with van der Waals surface area (Å²) < 4.78 is 10.5. The standard InChI is InChI=1S/C14H18N2O4/c1-19-11-2-4-12(5-3-11)20-9-6-14(18)16-8-7-15-13(17)10-16/h2-5H,6-10H2,1H3,(H,15,17). The molecule has 2 rings (SSSR count). The first kappa shape index (κ1) is 14.2. The molecule has 0 atom stereocenters. The van der Waals surface area contributed by atoms with Crippen LogP contribution in [0.4, 0.5) is 0 Å². The van der Waals surface area contributed by atoms with Crippen LogP contribution in [-0.4, -0.2) is 50.1 Å². The van der Waals surface area contributed by atoms with Crippen molar-refractivity contribution in [3.05, 3.63) is 24.3 Å². The lowest BCUT2D eigenvalue weighted by atomic mass is 10.3. The van der Waals surface area contributed by atoms with Crippen LogP contribution in [0.1, 0.15) is 6.42 Å². The molecule has 0 aromatic heterocycles. The van der Waals surface area contributed by atoms with Crippen LogP contribution in [0.3, 0.4) is 0 Å². The van der Waals surface area contributed by atoms with Gasteiger partial charge in [-0.15, -0.1) is 0 Å². The Morgan fingerprint density at radius 2 is 2.00 bits per heavy atom. The zero-order valence-corrected chi connectivity index (χ0v) is 11.4. The highest BCUT2D eigenvalue weighted by molar-refractivity contribution is 5.85. The molecule has 0 spiro atoms. The Morgan fingerprint density at radius 1 is 1.30 bits per heavy atom. The fraction of sp³-hybridized carbons (Fsp3) is 0.429. The summed E-state index contributed by atoms with van der Waals surface area (Å²) in [5.74, 6) is 1.27. The van der Waals surface area contributed by atoms with Crippen molar-refractivity contribution in [2.24, 2.45) is 0 Å². The van der Waals surface area contributed by atoms with Crippen LogP contribution in [0.25, 0.3) is 0 Å². The molecule has 1 N–H and O–H groups in total. The number of rotatable bonds is 5. The molecule has 2 amide bonds. The van der Waals surface area contributed by atoms with E-state index < -0.39 is 0 Å². The molecule has 1 fully saturated rings. The van der Waals surface area contributed by atoms with Crippen LogP contribution >= 0.6 is 0 Å². The number of nitrogens with zero attached hydrogens (tertiary/aromatic N) is 1. The summed E-state index contributed by atoms with van der Waals surface area (Å²) in [4.78, 5) is 24.6. The van der Waals surface area contributed by atoms with Crippen LogP contribution < -0.4 is 14.8 Å². The average molecular weight is 278 g/mol. The van der Waals surface area contributed by atoms with Crippen molar-refractivity contribution in [3.63, 3.8) is 0 Å². The minimum Gasteiger partial charge on any atom is -0.497 e. The maximum absolute atomic E-state index is 11.9. The molecule has 1 saturated heterocycles. The van der Waals surface area contributed by atoms with Crippen molar-refractivity contribution in [1.82, 2.24) is 10.2 Å². The molecule has 20 heavy (non-hydrogen) atoms. The number of amides is 2. The second-order valence-corrected chi connectivity index (χ2v) is 4.44. The second kappa shape index (κ2) is 6.79. The third-order valence-corrected chi connectivity index (χ3v) is 3.04. The van der Waals surface area contributed by atoms with Gasteiger partial charge in [0, 0.05) is 13.1 Å². The molecule has 0 saturated carbocycles. The van der Waals surface area contributed by atoms with E-state index in [1.54, 1.807) is 36.3 Å². The van der Waals surface area contributed by atoms with Gasteiger partial charge in [-0.25, -0.2) is 0 Å². The molecule has 1 aromatic carbocycles. The predicted molar refractivity (Wildman–Crippen MR) is 72.7 cm³/mol. The van der Waals surface area contributed by atoms with Gasteiger partial charge in [-0.1, -0.05) is 0 Å². The normalized spacial score (nSPS) is 14.7. The lowest BCUT2D eigenvalue weighted by Crippen LogP contribution is -2.50. The smallest absolute Gasteiger partial charge is 0.239 e. The zero-order valence-electron chi connectivity index (χ0n) is 11.4. The van der Waals surface area contributed by atoms with Gasteiger partial charge in [0.05, 0.1) is 26.7 Å². The SMILES string of the molecule is COc1ccc(OCCC(=O)N2CCNC(=O)C2)cc1. The fourth-order valence-electron chi connectivity index (χ4n) is 1.94. The predicted octanol–water partition coefficient (Wildman–Crippen LogP) is 0.422. The molecule has 0 unspecified atom stereocenters. The van der Waals surface area contributed by atoms with Gasteiger partial charge in [0.1, 0.15) is 11.5 Å². The Bertz CT molecular complexity index is 473. The van der Waals surface area contributed by atoms with E-state index in [2.05, 4.69) is 5.32 Å². The third kappa shape index (κ3) is 3.88. The molecular weight excluding hydrogens is 260 g/mol. The topological polar surface area (TPSA) is 67.9 Å². The first-order valence-electron chi connectivity index (χ1n) is 6.50. The largest absolute Gasteiger partial charge is 0.497 e. The number of hydrogen-bond acceptors (Lipinski definition) is 4. The molecular formula is C14H18N2O4. The highest BCUT2D eigenvalue weighted by Gasteiger charge is 2.20. The van der Waals surface area contributed by atoms with Crippen LogP contribution in [0.15, 0.2) is 24.3 Å². The monoisotopic (exact) mass is 278 g/mol. The summed E-state index contributed by atoms with van der Waals surface area (Å²) in [6.45, 7) is 1.52. The van der Waals surface area contributed by atoms with E-state index in [1.807, 2.05) is 0 Å². The van der Waals surface area contributed by atoms with Gasteiger partial charge in [0.15, 0.2) is 0 Å². The van der Waals surface area contributed by atoms with Crippen LogP contribution in [0.5, 0.6) is 11.5 Å². The zero-order chi connectivity index (χ0) is 14.4. The number of ether oxygens (including phenoxy) is 2. The van der Waals surface area contributed by atoms with Gasteiger partial charge in [-0.05, 0) is 24.3 Å². The number of benzene rings is 1. The van der Waals surface area contributed by atoms with E-state index in [0.717, 1.165) is 5.75 Å². The molecule has 1 aliphatic rings. The van der Waals surface area contributed by atoms with Crippen molar-refractivity contribution in [1.29, 1.82) is 0 Å². The highest BCUT2D eigenvalue weighted by atomic mass is 16.5. The molecule has 1 aromatic rings. The molecule has 1 heterocycles. The Morgan fingerprint density at radius 3 is 2.65 bits per heavy atom. The summed E-state index contributed by atoms with van der Waals surface area (Å²) in [6, 6.07) is 7.17. The minimum atomic E-state index is -0.110. The summed E-state index contributed by atoms with van der Waals surface area (Å²) in [5, 5.41) is 2.68. The summed E-state index contributed by atoms with van der Waals surface area (Å²) in [6.07, 6.45) is 0.263. The Labute approximate surface area is 117 Å². The van der Waals surface area contributed by atoms with E-state index in [4.69, 9.17) is 9.47 Å². The van der Waals surface area contributed by atoms with E-state index in [0.29, 0.717) is 25.4 Å². The maximum Gasteiger partial charge on any atom is 0.239 e. The fourth-order valence-corrected chi connectivity index (χ4v) is 1.94. The van der Waals surface area contributed by atoms with Crippen molar-refractivity contribution in [2.45, 2.75) is 6.42 Å². The van der Waals surface area contributed by atoms with Crippen LogP contribution in [0.2, 0.25) is 0 Å². The van der Waals surface area contributed by atoms with Gasteiger partial charge in [0.25, 0.3) is 0 Å². The van der Waals surface area contributed by atoms with Crippen LogP contribution in [0, 0.1) is 0 Å². The second-order valence-electron chi connectivity index (χ2n) is 4.44. The molecule has 0 bridgehead atoms. The summed E-state index contributed by atoms with van der Waals surface area (Å²) in [5.41, 5.74) is 0. The number of carbonyl (C=O) groups is 2. The van der Waals surface area contributed by atoms with E-state index in [9.17, 15) is 9.59 Å². The lowest BCUT2D eigenvalue weighted by molar-refractivity contribution is -0.138. The van der Waals surface area contributed by atoms with Gasteiger partial charge in [0.2, 0.25) is 11.8 Å². The van der Waals surface area contributed by atoms with Crippen molar-refractivity contribution in [2.75, 3.05) is 33.4 Å². The van der Waals surface area contributed by atoms with Gasteiger partial charge in [-0.2, -0.15) is 0 Å². The van der Waals surface area contributed by atoms with E-state index >= 15 is 0 Å². The van der Waals surface area contributed by atoms with Gasteiger partial charge in [-0.3, -0.25) is 9.59 Å². The number of carbonyl (C=O) groups excluding carboxylic acids is 2. The number of hydrogen-bond donors (Lipinski definition) is 1. The Hall–Kier alpha value is -2.24. The molecule has 0 aliphatic carbocycles. The first-order chi connectivity index (χ1) is 9.69. The molecule has 0 radical (unpaired) electrons. The highest BCUT2D eigenvalue weighted by Crippen LogP contribution is 2.17. The molecule has 108 valence electrons. The van der Waals surface area contributed by atoms with Crippen LogP contribution in [-0.2, 0) is 9.59 Å². The molecule has 6 heteroatoms. The quantitative estimate of drug-likeness (QED) is 0.847. The summed E-state index contributed by atoms with van der Waals surface area (Å²) >= 11 is 0. The molecule has 6 nitrogen and oxygen atoms in total. The third-order valence-electron chi connectivity index (χ3n) is 3.04. The van der Waals surface area contributed by atoms with Crippen molar-refractivity contribution < 1.29 is 19.1 Å².